The van der Waals surface area contributed by atoms with E-state index in [4.69, 9.17) is 9.47 Å². The average molecular weight is 516 g/mol. The SMILES string of the molecule is COc1cc(NC(C)CCCNC(=O)CNC(=O)[C@@H](NC(=O)OC(C)(C)C)C(C)C)c2ncccc2c1. The summed E-state index contributed by atoms with van der Waals surface area (Å²) in [6, 6.07) is 7.09. The Morgan fingerprint density at radius 1 is 1.08 bits per heavy atom. The quantitative estimate of drug-likeness (QED) is 0.318. The molecular formula is C27H41N5O5. The lowest BCUT2D eigenvalue weighted by Crippen LogP contribution is -2.52. The van der Waals surface area contributed by atoms with Crippen LogP contribution in [0.25, 0.3) is 10.9 Å². The number of rotatable bonds is 12. The summed E-state index contributed by atoms with van der Waals surface area (Å²) in [6.07, 6.45) is 2.65. The highest BCUT2D eigenvalue weighted by atomic mass is 16.6. The molecule has 10 heteroatoms. The molecule has 0 saturated carbocycles. The van der Waals surface area contributed by atoms with Crippen LogP contribution in [0.1, 0.15) is 54.4 Å². The van der Waals surface area contributed by atoms with Crippen LogP contribution in [-0.4, -0.2) is 60.8 Å². The van der Waals surface area contributed by atoms with Gasteiger partial charge in [-0.2, -0.15) is 0 Å². The first-order valence-corrected chi connectivity index (χ1v) is 12.6. The van der Waals surface area contributed by atoms with Crippen molar-refractivity contribution < 1.29 is 23.9 Å². The van der Waals surface area contributed by atoms with E-state index in [2.05, 4.69) is 33.2 Å². The van der Waals surface area contributed by atoms with Gasteiger partial charge in [-0.15, -0.1) is 0 Å². The Morgan fingerprint density at radius 3 is 2.46 bits per heavy atom. The maximum atomic E-state index is 12.5. The standard InChI is InChI=1S/C27H41N5O5/c1-17(2)23(32-26(35)37-27(4,5)6)25(34)30-16-22(33)28-12-8-10-18(3)31-21-15-20(36-7)14-19-11-9-13-29-24(19)21/h9,11,13-15,17-18,23,31H,8,10,12,16H2,1-7H3,(H,28,33)(H,30,34)(H,32,35)/t18?,23-/m0/s1. The number of alkyl carbamates (subject to hydrolysis) is 1. The van der Waals surface area contributed by atoms with Gasteiger partial charge in [0.05, 0.1) is 24.9 Å². The number of amides is 3. The molecule has 0 bridgehead atoms. The van der Waals surface area contributed by atoms with Crippen LogP contribution in [0, 0.1) is 5.92 Å². The molecule has 0 aliphatic rings. The van der Waals surface area contributed by atoms with Crippen molar-refractivity contribution in [1.29, 1.82) is 0 Å². The molecule has 0 fully saturated rings. The highest BCUT2D eigenvalue weighted by molar-refractivity contribution is 5.92. The van der Waals surface area contributed by atoms with Crippen LogP contribution in [0.5, 0.6) is 5.75 Å². The van der Waals surface area contributed by atoms with Crippen molar-refractivity contribution in [1.82, 2.24) is 20.9 Å². The number of nitrogens with zero attached hydrogens (tertiary/aromatic N) is 1. The molecule has 37 heavy (non-hydrogen) atoms. The van der Waals surface area contributed by atoms with Crippen molar-refractivity contribution in [3.8, 4) is 5.75 Å². The van der Waals surface area contributed by atoms with Crippen molar-refractivity contribution in [2.45, 2.75) is 72.1 Å². The van der Waals surface area contributed by atoms with Crippen molar-refractivity contribution in [2.24, 2.45) is 5.92 Å². The Morgan fingerprint density at radius 2 is 1.81 bits per heavy atom. The van der Waals surface area contributed by atoms with Gasteiger partial charge in [-0.1, -0.05) is 19.9 Å². The van der Waals surface area contributed by atoms with Gasteiger partial charge >= 0.3 is 6.09 Å². The van der Waals surface area contributed by atoms with Crippen molar-refractivity contribution >= 4 is 34.5 Å². The van der Waals surface area contributed by atoms with E-state index in [1.165, 1.54) is 0 Å². The molecule has 0 aliphatic heterocycles. The molecule has 1 unspecified atom stereocenters. The predicted octanol–water partition coefficient (Wildman–Crippen LogP) is 3.61. The molecule has 1 aromatic carbocycles. The smallest absolute Gasteiger partial charge is 0.408 e. The van der Waals surface area contributed by atoms with Gasteiger partial charge in [-0.25, -0.2) is 4.79 Å². The second kappa shape index (κ2) is 13.7. The Hall–Kier alpha value is -3.56. The van der Waals surface area contributed by atoms with E-state index in [1.54, 1.807) is 47.9 Å². The first kappa shape index (κ1) is 29.7. The summed E-state index contributed by atoms with van der Waals surface area (Å²) in [7, 11) is 1.64. The van der Waals surface area contributed by atoms with E-state index in [9.17, 15) is 14.4 Å². The molecule has 2 rings (SSSR count). The highest BCUT2D eigenvalue weighted by Crippen LogP contribution is 2.28. The zero-order chi connectivity index (χ0) is 27.6. The van der Waals surface area contributed by atoms with Crippen LogP contribution in [-0.2, 0) is 14.3 Å². The molecule has 4 N–H and O–H groups in total. The van der Waals surface area contributed by atoms with Gasteiger partial charge in [-0.3, -0.25) is 14.6 Å². The van der Waals surface area contributed by atoms with Crippen LogP contribution in [0.3, 0.4) is 0 Å². The molecule has 2 aromatic rings. The Bertz CT molecular complexity index is 1070. The fourth-order valence-electron chi connectivity index (χ4n) is 3.68. The predicted molar refractivity (Wildman–Crippen MR) is 145 cm³/mol. The fourth-order valence-corrected chi connectivity index (χ4v) is 3.68. The van der Waals surface area contributed by atoms with E-state index >= 15 is 0 Å². The minimum absolute atomic E-state index is 0.139. The van der Waals surface area contributed by atoms with Crippen molar-refractivity contribution in [3.05, 3.63) is 30.5 Å². The monoisotopic (exact) mass is 515 g/mol. The number of pyridine rings is 1. The zero-order valence-electron chi connectivity index (χ0n) is 22.9. The fraction of sp³-hybridized carbons (Fsp3) is 0.556. The number of methoxy groups -OCH3 is 1. The Balaban J connectivity index is 1.75. The zero-order valence-corrected chi connectivity index (χ0v) is 22.9. The largest absolute Gasteiger partial charge is 0.497 e. The second-order valence-corrected chi connectivity index (χ2v) is 10.4. The van der Waals surface area contributed by atoms with Gasteiger partial charge in [0.25, 0.3) is 0 Å². The van der Waals surface area contributed by atoms with E-state index in [0.717, 1.165) is 35.2 Å². The third-order valence-electron chi connectivity index (χ3n) is 5.50. The molecule has 3 amide bonds. The number of hydrogen-bond acceptors (Lipinski definition) is 7. The van der Waals surface area contributed by atoms with E-state index in [0.29, 0.717) is 6.54 Å². The molecule has 0 spiro atoms. The topological polar surface area (TPSA) is 131 Å². The maximum absolute atomic E-state index is 12.5. The van der Waals surface area contributed by atoms with Crippen molar-refractivity contribution in [3.63, 3.8) is 0 Å². The number of carbonyl (C=O) groups excluding carboxylic acids is 3. The van der Waals surface area contributed by atoms with Crippen LogP contribution < -0.4 is 26.0 Å². The molecule has 204 valence electrons. The molecule has 1 aromatic heterocycles. The number of hydrogen-bond donors (Lipinski definition) is 4. The highest BCUT2D eigenvalue weighted by Gasteiger charge is 2.27. The summed E-state index contributed by atoms with van der Waals surface area (Å²) >= 11 is 0. The second-order valence-electron chi connectivity index (χ2n) is 10.4. The molecule has 0 aliphatic carbocycles. The summed E-state index contributed by atoms with van der Waals surface area (Å²) in [5.74, 6) is -0.156. The number of benzene rings is 1. The summed E-state index contributed by atoms with van der Waals surface area (Å²) in [4.78, 5) is 41.3. The Kier molecular flexibility index (Phi) is 11.0. The number of anilines is 1. The first-order chi connectivity index (χ1) is 17.4. The lowest BCUT2D eigenvalue weighted by molar-refractivity contribution is -0.128. The van der Waals surface area contributed by atoms with Gasteiger partial charge in [0, 0.05) is 30.2 Å². The third kappa shape index (κ3) is 10.1. The lowest BCUT2D eigenvalue weighted by Gasteiger charge is -2.25. The first-order valence-electron chi connectivity index (χ1n) is 12.6. The van der Waals surface area contributed by atoms with Crippen LogP contribution in [0.15, 0.2) is 30.5 Å². The van der Waals surface area contributed by atoms with Gasteiger partial charge in [0.1, 0.15) is 17.4 Å². The van der Waals surface area contributed by atoms with Gasteiger partial charge in [0.2, 0.25) is 11.8 Å². The van der Waals surface area contributed by atoms with E-state index in [1.807, 2.05) is 24.3 Å². The summed E-state index contributed by atoms with van der Waals surface area (Å²) in [5.41, 5.74) is 1.10. The lowest BCUT2D eigenvalue weighted by atomic mass is 10.0. The molecule has 1 heterocycles. The minimum Gasteiger partial charge on any atom is -0.497 e. The van der Waals surface area contributed by atoms with Gasteiger partial charge in [-0.05, 0) is 58.6 Å². The summed E-state index contributed by atoms with van der Waals surface area (Å²) in [5, 5.41) is 12.5. The molecule has 0 saturated heterocycles. The molecular weight excluding hydrogens is 474 g/mol. The summed E-state index contributed by atoms with van der Waals surface area (Å²) < 4.78 is 10.6. The summed E-state index contributed by atoms with van der Waals surface area (Å²) in [6.45, 7) is 11.2. The maximum Gasteiger partial charge on any atom is 0.408 e. The van der Waals surface area contributed by atoms with Crippen molar-refractivity contribution in [2.75, 3.05) is 25.5 Å². The van der Waals surface area contributed by atoms with E-state index in [-0.39, 0.29) is 24.4 Å². The molecule has 10 nitrogen and oxygen atoms in total. The number of ether oxygens (including phenoxy) is 2. The third-order valence-corrected chi connectivity index (χ3v) is 5.50. The van der Waals surface area contributed by atoms with Gasteiger partial charge in [0.15, 0.2) is 0 Å². The van der Waals surface area contributed by atoms with Crippen LogP contribution in [0.4, 0.5) is 10.5 Å². The normalized spacial score (nSPS) is 13.0. The number of aromatic nitrogens is 1. The van der Waals surface area contributed by atoms with Crippen LogP contribution in [0.2, 0.25) is 0 Å². The van der Waals surface area contributed by atoms with Gasteiger partial charge < -0.3 is 30.7 Å². The van der Waals surface area contributed by atoms with E-state index < -0.39 is 23.6 Å². The molecule has 0 radical (unpaired) electrons. The minimum atomic E-state index is -0.809. The average Bonchev–Trinajstić information content (AvgIpc) is 2.82. The Labute approximate surface area is 219 Å². The number of carbonyl (C=O) groups is 3. The molecule has 2 atom stereocenters. The number of fused-ring (bicyclic) bond motifs is 1. The number of nitrogens with one attached hydrogen (secondary N) is 4. The van der Waals surface area contributed by atoms with Crippen LogP contribution >= 0.6 is 0 Å².